The van der Waals surface area contributed by atoms with Gasteiger partial charge < -0.3 is 14.3 Å². The molecule has 1 aliphatic rings. The number of nitrogens with zero attached hydrogens (tertiary/aromatic N) is 4. The van der Waals surface area contributed by atoms with Crippen LogP contribution in [0.1, 0.15) is 30.3 Å². The molecule has 0 aliphatic carbocycles. The van der Waals surface area contributed by atoms with Crippen LogP contribution in [0.2, 0.25) is 0 Å². The van der Waals surface area contributed by atoms with E-state index in [0.717, 1.165) is 69.2 Å². The third-order valence-electron chi connectivity index (χ3n) is 5.80. The highest BCUT2D eigenvalue weighted by atomic mass is 79.9. The van der Waals surface area contributed by atoms with Crippen molar-refractivity contribution in [3.8, 4) is 28.6 Å². The molecule has 0 bridgehead atoms. The lowest BCUT2D eigenvalue weighted by Crippen LogP contribution is -2.30. The number of aromatic nitrogens is 2. The molecule has 216 valence electrons. The number of hydrogen-bond acceptors (Lipinski definition) is 7. The van der Waals surface area contributed by atoms with Gasteiger partial charge in [-0.1, -0.05) is 100.0 Å². The number of nitriles is 1. The Hall–Kier alpha value is -2.44. The molecule has 4 aromatic rings. The molecular weight excluding hydrogens is 684 g/mol. The summed E-state index contributed by atoms with van der Waals surface area (Å²) >= 11 is 9.61. The van der Waals surface area contributed by atoms with Gasteiger partial charge >= 0.3 is 0 Å². The molecule has 0 N–H and O–H groups in total. The Morgan fingerprint density at radius 3 is 1.95 bits per heavy atom. The van der Waals surface area contributed by atoms with Gasteiger partial charge in [0, 0.05) is 32.5 Å². The molecular formula is C31H34Br2N4O2S2. The summed E-state index contributed by atoms with van der Waals surface area (Å²) in [7, 11) is 0. The van der Waals surface area contributed by atoms with Crippen LogP contribution < -0.4 is 0 Å². The van der Waals surface area contributed by atoms with Crippen molar-refractivity contribution in [3.05, 3.63) is 92.9 Å². The second kappa shape index (κ2) is 19.6. The molecule has 1 fully saturated rings. The van der Waals surface area contributed by atoms with Gasteiger partial charge in [0.1, 0.15) is 5.01 Å². The van der Waals surface area contributed by atoms with Gasteiger partial charge in [-0.2, -0.15) is 5.26 Å². The minimum atomic E-state index is -0.462. The van der Waals surface area contributed by atoms with E-state index in [9.17, 15) is 0 Å². The lowest BCUT2D eigenvalue weighted by molar-refractivity contribution is 0.0646. The number of halogens is 2. The summed E-state index contributed by atoms with van der Waals surface area (Å²) in [4.78, 5) is 12.9. The Morgan fingerprint density at radius 2 is 1.44 bits per heavy atom. The molecule has 10 heteroatoms. The van der Waals surface area contributed by atoms with Crippen molar-refractivity contribution in [1.82, 2.24) is 9.97 Å². The van der Waals surface area contributed by atoms with Crippen LogP contribution in [0, 0.1) is 17.9 Å². The number of hydrogen-bond donors (Lipinski definition) is 0. The van der Waals surface area contributed by atoms with Crippen molar-refractivity contribution < 1.29 is 9.47 Å². The number of rotatable bonds is 8. The molecule has 2 aromatic heterocycles. The second-order valence-electron chi connectivity index (χ2n) is 8.48. The molecule has 0 atom stereocenters. The van der Waals surface area contributed by atoms with Gasteiger partial charge in [-0.3, -0.25) is 0 Å². The SMILES string of the molecule is BrCCOCCBr.C.N#CCc1nc(-c2ccccc2)cs1.[C-]#[N+]C1(c2nc(-c3ccccc3)cs2)CCOCC1. The predicted molar refractivity (Wildman–Crippen MR) is 178 cm³/mol. The molecule has 5 rings (SSSR count). The number of ether oxygens (including phenoxy) is 2. The lowest BCUT2D eigenvalue weighted by Gasteiger charge is -2.24. The summed E-state index contributed by atoms with van der Waals surface area (Å²) in [5.74, 6) is 0. The van der Waals surface area contributed by atoms with Gasteiger partial charge in [-0.25, -0.2) is 16.5 Å². The predicted octanol–water partition coefficient (Wildman–Crippen LogP) is 9.04. The molecule has 0 spiro atoms. The smallest absolute Gasteiger partial charge is 0.287 e. The van der Waals surface area contributed by atoms with Crippen molar-refractivity contribution in [3.63, 3.8) is 0 Å². The van der Waals surface area contributed by atoms with Gasteiger partial charge in [0.25, 0.3) is 5.54 Å². The second-order valence-corrected chi connectivity index (χ2v) is 11.9. The highest BCUT2D eigenvalue weighted by molar-refractivity contribution is 9.09. The summed E-state index contributed by atoms with van der Waals surface area (Å²) in [5, 5.41) is 16.2. The van der Waals surface area contributed by atoms with E-state index >= 15 is 0 Å². The van der Waals surface area contributed by atoms with Crippen molar-refractivity contribution >= 4 is 54.5 Å². The number of thiazole rings is 2. The van der Waals surface area contributed by atoms with E-state index in [4.69, 9.17) is 26.3 Å². The monoisotopic (exact) mass is 716 g/mol. The summed E-state index contributed by atoms with van der Waals surface area (Å²) in [5.41, 5.74) is 3.68. The molecule has 6 nitrogen and oxygen atoms in total. The molecule has 41 heavy (non-hydrogen) atoms. The first-order valence-electron chi connectivity index (χ1n) is 12.7. The molecule has 3 heterocycles. The maximum absolute atomic E-state index is 8.52. The van der Waals surface area contributed by atoms with Gasteiger partial charge in [0.05, 0.1) is 63.1 Å². The Labute approximate surface area is 268 Å². The molecule has 0 saturated carbocycles. The van der Waals surface area contributed by atoms with Crippen LogP contribution in [0.15, 0.2) is 71.4 Å². The summed E-state index contributed by atoms with van der Waals surface area (Å²) in [6.07, 6.45) is 1.90. The Morgan fingerprint density at radius 1 is 0.902 bits per heavy atom. The Bertz CT molecular complexity index is 1340. The number of alkyl halides is 2. The average molecular weight is 719 g/mol. The molecule has 0 amide bonds. The van der Waals surface area contributed by atoms with Gasteiger partial charge in [0.2, 0.25) is 0 Å². The zero-order valence-corrected chi connectivity index (χ0v) is 26.8. The first-order valence-corrected chi connectivity index (χ1v) is 16.7. The third-order valence-corrected chi connectivity index (χ3v) is 8.33. The molecule has 2 aromatic carbocycles. The normalized spacial score (nSPS) is 13.2. The topological polar surface area (TPSA) is 72.4 Å². The first-order chi connectivity index (χ1) is 19.7. The fourth-order valence-electron chi connectivity index (χ4n) is 3.72. The van der Waals surface area contributed by atoms with Crippen LogP contribution in [0.4, 0.5) is 0 Å². The molecule has 1 aliphatic heterocycles. The van der Waals surface area contributed by atoms with E-state index in [1.807, 2.05) is 71.4 Å². The number of benzene rings is 2. The van der Waals surface area contributed by atoms with Crippen LogP contribution in [-0.4, -0.2) is 47.1 Å². The highest BCUT2D eigenvalue weighted by Crippen LogP contribution is 2.39. The highest BCUT2D eigenvalue weighted by Gasteiger charge is 2.43. The van der Waals surface area contributed by atoms with E-state index < -0.39 is 5.54 Å². The van der Waals surface area contributed by atoms with Crippen LogP contribution >= 0.6 is 54.5 Å². The summed E-state index contributed by atoms with van der Waals surface area (Å²) in [6.45, 7) is 10.5. The van der Waals surface area contributed by atoms with Crippen LogP contribution in [0.5, 0.6) is 0 Å². The van der Waals surface area contributed by atoms with E-state index in [1.54, 1.807) is 11.3 Å². The van der Waals surface area contributed by atoms with E-state index in [-0.39, 0.29) is 7.43 Å². The van der Waals surface area contributed by atoms with Crippen molar-refractivity contribution in [2.24, 2.45) is 0 Å². The first kappa shape index (κ1) is 34.8. The zero-order valence-electron chi connectivity index (χ0n) is 22.0. The van der Waals surface area contributed by atoms with Gasteiger partial charge in [0.15, 0.2) is 5.01 Å². The van der Waals surface area contributed by atoms with Gasteiger partial charge in [-0.15, -0.1) is 22.7 Å². The summed E-state index contributed by atoms with van der Waals surface area (Å²) < 4.78 is 10.4. The fourth-order valence-corrected chi connectivity index (χ4v) is 5.95. The third kappa shape index (κ3) is 11.1. The average Bonchev–Trinajstić information content (AvgIpc) is 3.71. The molecule has 0 radical (unpaired) electrons. The maximum atomic E-state index is 8.52. The maximum Gasteiger partial charge on any atom is 0.287 e. The van der Waals surface area contributed by atoms with Crippen LogP contribution in [0.25, 0.3) is 27.4 Å². The van der Waals surface area contributed by atoms with E-state index in [1.165, 1.54) is 11.3 Å². The molecule has 0 unspecified atom stereocenters. The minimum Gasteiger partial charge on any atom is -0.381 e. The van der Waals surface area contributed by atoms with E-state index in [2.05, 4.69) is 47.8 Å². The minimum absolute atomic E-state index is 0. The Kier molecular flexibility index (Phi) is 16.7. The molecule has 1 saturated heterocycles. The van der Waals surface area contributed by atoms with Crippen molar-refractivity contribution in [2.75, 3.05) is 37.1 Å². The summed E-state index contributed by atoms with van der Waals surface area (Å²) in [6, 6.07) is 22.2. The lowest BCUT2D eigenvalue weighted by atomic mass is 9.92. The fraction of sp³-hybridized carbons (Fsp3) is 0.355. The van der Waals surface area contributed by atoms with Crippen molar-refractivity contribution in [1.29, 1.82) is 5.26 Å². The van der Waals surface area contributed by atoms with Gasteiger partial charge in [-0.05, 0) is 0 Å². The van der Waals surface area contributed by atoms with Crippen molar-refractivity contribution in [2.45, 2.75) is 32.2 Å². The quantitative estimate of drug-likeness (QED) is 0.103. The standard InChI is InChI=1S/C15H14N2OS.C11H8N2S.C4H8Br2O.CH4/c1-16-15(7-9-18-10-8-15)14-17-13(11-19-14)12-5-3-2-4-6-12;12-7-6-11-13-10(8-14-11)9-4-2-1-3-5-9;5-1-3-7-4-2-6;/h2-6,11H,7-10H2;1-5,8H,6H2;1-4H2;1H4. The zero-order chi connectivity index (χ0) is 28.5. The Balaban J connectivity index is 0.000000236. The van der Waals surface area contributed by atoms with Crippen LogP contribution in [-0.2, 0) is 21.4 Å². The van der Waals surface area contributed by atoms with E-state index in [0.29, 0.717) is 19.6 Å². The van der Waals surface area contributed by atoms with Crippen LogP contribution in [0.3, 0.4) is 0 Å². The largest absolute Gasteiger partial charge is 0.381 e.